The molecule has 0 aliphatic carbocycles. The quantitative estimate of drug-likeness (QED) is 0.877. The van der Waals surface area contributed by atoms with Gasteiger partial charge in [-0.05, 0) is 32.9 Å². The molecule has 3 nitrogen and oxygen atoms in total. The Labute approximate surface area is 111 Å². The van der Waals surface area contributed by atoms with Crippen molar-refractivity contribution >= 4 is 15.9 Å². The van der Waals surface area contributed by atoms with Crippen LogP contribution < -0.4 is 10.5 Å². The van der Waals surface area contributed by atoms with Gasteiger partial charge in [-0.1, -0.05) is 22.0 Å². The molecule has 1 rings (SSSR count). The first-order valence-electron chi connectivity index (χ1n) is 5.84. The number of ether oxygens (including phenoxy) is 2. The number of rotatable bonds is 6. The summed E-state index contributed by atoms with van der Waals surface area (Å²) in [6.45, 7) is 7.19. The van der Waals surface area contributed by atoms with E-state index in [0.717, 1.165) is 15.8 Å². The van der Waals surface area contributed by atoms with Crippen LogP contribution in [0.15, 0.2) is 22.7 Å². The van der Waals surface area contributed by atoms with Crippen molar-refractivity contribution < 1.29 is 9.47 Å². The molecule has 96 valence electrons. The van der Waals surface area contributed by atoms with Crippen molar-refractivity contribution in [2.24, 2.45) is 5.73 Å². The molecule has 0 saturated carbocycles. The Kier molecular flexibility index (Phi) is 5.95. The lowest BCUT2D eigenvalue weighted by Crippen LogP contribution is -2.20. The topological polar surface area (TPSA) is 44.5 Å². The van der Waals surface area contributed by atoms with E-state index in [4.69, 9.17) is 15.2 Å². The fourth-order valence-corrected chi connectivity index (χ4v) is 1.86. The van der Waals surface area contributed by atoms with Gasteiger partial charge < -0.3 is 15.2 Å². The number of halogens is 1. The summed E-state index contributed by atoms with van der Waals surface area (Å²) >= 11 is 3.44. The molecule has 1 aromatic carbocycles. The molecular weight excluding hydrogens is 282 g/mol. The third kappa shape index (κ3) is 4.66. The van der Waals surface area contributed by atoms with E-state index in [0.29, 0.717) is 13.2 Å². The van der Waals surface area contributed by atoms with Gasteiger partial charge in [-0.25, -0.2) is 0 Å². The molecule has 2 atom stereocenters. The summed E-state index contributed by atoms with van der Waals surface area (Å²) in [5.74, 6) is 0.821. The van der Waals surface area contributed by atoms with Crippen molar-refractivity contribution in [2.45, 2.75) is 32.9 Å². The Balaban J connectivity index is 2.77. The van der Waals surface area contributed by atoms with E-state index < -0.39 is 0 Å². The summed E-state index contributed by atoms with van der Waals surface area (Å²) in [6.07, 6.45) is 0.0155. The fourth-order valence-electron chi connectivity index (χ4n) is 1.52. The highest BCUT2D eigenvalue weighted by Crippen LogP contribution is 2.28. The smallest absolute Gasteiger partial charge is 0.125 e. The highest BCUT2D eigenvalue weighted by Gasteiger charge is 2.12. The molecule has 0 heterocycles. The highest BCUT2D eigenvalue weighted by molar-refractivity contribution is 9.10. The molecule has 17 heavy (non-hydrogen) atoms. The van der Waals surface area contributed by atoms with Crippen molar-refractivity contribution in [2.75, 3.05) is 13.2 Å². The standard InChI is InChI=1S/C13H20BrNO2/c1-4-16-8-9(2)17-13-7-11(14)5-6-12(13)10(3)15/h5-7,9-10H,4,8,15H2,1-3H3. The van der Waals surface area contributed by atoms with Gasteiger partial charge in [0.2, 0.25) is 0 Å². The van der Waals surface area contributed by atoms with Crippen molar-refractivity contribution in [3.63, 3.8) is 0 Å². The third-order valence-electron chi connectivity index (χ3n) is 2.35. The van der Waals surface area contributed by atoms with Crippen LogP contribution in [-0.2, 0) is 4.74 Å². The van der Waals surface area contributed by atoms with E-state index >= 15 is 0 Å². The van der Waals surface area contributed by atoms with E-state index in [-0.39, 0.29) is 12.1 Å². The van der Waals surface area contributed by atoms with Gasteiger partial charge in [0.1, 0.15) is 11.9 Å². The van der Waals surface area contributed by atoms with E-state index in [2.05, 4.69) is 15.9 Å². The molecule has 0 aromatic heterocycles. The lowest BCUT2D eigenvalue weighted by Gasteiger charge is -2.19. The molecule has 2 N–H and O–H groups in total. The fraction of sp³-hybridized carbons (Fsp3) is 0.538. The van der Waals surface area contributed by atoms with E-state index in [9.17, 15) is 0 Å². The van der Waals surface area contributed by atoms with Crippen LogP contribution in [-0.4, -0.2) is 19.3 Å². The second kappa shape index (κ2) is 6.99. The maximum absolute atomic E-state index is 5.91. The Hall–Kier alpha value is -0.580. The van der Waals surface area contributed by atoms with Crippen molar-refractivity contribution in [3.8, 4) is 5.75 Å². The van der Waals surface area contributed by atoms with Gasteiger partial charge in [-0.15, -0.1) is 0 Å². The second-order valence-corrected chi connectivity index (χ2v) is 4.97. The lowest BCUT2D eigenvalue weighted by molar-refractivity contribution is 0.0650. The molecule has 0 radical (unpaired) electrons. The Bertz CT molecular complexity index is 355. The summed E-state index contributed by atoms with van der Waals surface area (Å²) < 4.78 is 12.2. The minimum atomic E-state index is -0.0441. The average Bonchev–Trinajstić information content (AvgIpc) is 2.26. The molecule has 0 bridgehead atoms. The van der Waals surface area contributed by atoms with Crippen LogP contribution in [0.3, 0.4) is 0 Å². The first-order chi connectivity index (χ1) is 8.04. The summed E-state index contributed by atoms with van der Waals surface area (Å²) in [7, 11) is 0. The van der Waals surface area contributed by atoms with Crippen molar-refractivity contribution in [3.05, 3.63) is 28.2 Å². The largest absolute Gasteiger partial charge is 0.488 e. The Morgan fingerprint density at radius 3 is 2.65 bits per heavy atom. The van der Waals surface area contributed by atoms with Gasteiger partial charge in [0, 0.05) is 22.7 Å². The van der Waals surface area contributed by atoms with Gasteiger partial charge in [0.05, 0.1) is 6.61 Å². The molecule has 4 heteroatoms. The summed E-state index contributed by atoms with van der Waals surface area (Å²) in [6, 6.07) is 5.86. The molecule has 0 saturated heterocycles. The normalized spacial score (nSPS) is 14.4. The molecule has 0 fully saturated rings. The first kappa shape index (κ1) is 14.5. The zero-order chi connectivity index (χ0) is 12.8. The van der Waals surface area contributed by atoms with E-state index in [1.165, 1.54) is 0 Å². The average molecular weight is 302 g/mol. The Morgan fingerprint density at radius 1 is 1.35 bits per heavy atom. The van der Waals surface area contributed by atoms with Crippen LogP contribution in [0.25, 0.3) is 0 Å². The van der Waals surface area contributed by atoms with Crippen LogP contribution >= 0.6 is 15.9 Å². The highest BCUT2D eigenvalue weighted by atomic mass is 79.9. The maximum Gasteiger partial charge on any atom is 0.125 e. The van der Waals surface area contributed by atoms with E-state index in [1.807, 2.05) is 39.0 Å². The SMILES string of the molecule is CCOCC(C)Oc1cc(Br)ccc1C(C)N. The number of nitrogens with two attached hydrogens (primary N) is 1. The number of hydrogen-bond donors (Lipinski definition) is 1. The molecule has 0 aliphatic heterocycles. The Morgan fingerprint density at radius 2 is 2.06 bits per heavy atom. The minimum Gasteiger partial charge on any atom is -0.488 e. The minimum absolute atomic E-state index is 0.0155. The van der Waals surface area contributed by atoms with Crippen molar-refractivity contribution in [1.82, 2.24) is 0 Å². The zero-order valence-electron chi connectivity index (χ0n) is 10.6. The molecular formula is C13H20BrNO2. The molecule has 0 spiro atoms. The maximum atomic E-state index is 5.91. The summed E-state index contributed by atoms with van der Waals surface area (Å²) in [4.78, 5) is 0. The molecule has 2 unspecified atom stereocenters. The van der Waals surface area contributed by atoms with Crippen LogP contribution in [0.1, 0.15) is 32.4 Å². The third-order valence-corrected chi connectivity index (χ3v) is 2.84. The van der Waals surface area contributed by atoms with Gasteiger partial charge >= 0.3 is 0 Å². The second-order valence-electron chi connectivity index (χ2n) is 4.06. The predicted molar refractivity (Wildman–Crippen MR) is 73.3 cm³/mol. The molecule has 0 aliphatic rings. The monoisotopic (exact) mass is 301 g/mol. The lowest BCUT2D eigenvalue weighted by atomic mass is 10.1. The first-order valence-corrected chi connectivity index (χ1v) is 6.63. The number of benzene rings is 1. The van der Waals surface area contributed by atoms with Gasteiger partial charge in [-0.2, -0.15) is 0 Å². The van der Waals surface area contributed by atoms with Crippen LogP contribution in [0.5, 0.6) is 5.75 Å². The molecule has 0 amide bonds. The molecule has 1 aromatic rings. The predicted octanol–water partition coefficient (Wildman–Crippen LogP) is 3.27. The number of hydrogen-bond acceptors (Lipinski definition) is 3. The van der Waals surface area contributed by atoms with Crippen LogP contribution in [0.4, 0.5) is 0 Å². The van der Waals surface area contributed by atoms with E-state index in [1.54, 1.807) is 0 Å². The summed E-state index contributed by atoms with van der Waals surface area (Å²) in [5.41, 5.74) is 6.92. The van der Waals surface area contributed by atoms with Crippen LogP contribution in [0, 0.1) is 0 Å². The zero-order valence-corrected chi connectivity index (χ0v) is 12.2. The van der Waals surface area contributed by atoms with Gasteiger partial charge in [-0.3, -0.25) is 0 Å². The van der Waals surface area contributed by atoms with Crippen molar-refractivity contribution in [1.29, 1.82) is 0 Å². The van der Waals surface area contributed by atoms with Gasteiger partial charge in [0.15, 0.2) is 0 Å². The van der Waals surface area contributed by atoms with Crippen LogP contribution in [0.2, 0.25) is 0 Å². The van der Waals surface area contributed by atoms with Gasteiger partial charge in [0.25, 0.3) is 0 Å². The summed E-state index contributed by atoms with van der Waals surface area (Å²) in [5, 5.41) is 0.